The van der Waals surface area contributed by atoms with E-state index in [2.05, 4.69) is 10.6 Å². The molecular formula is C17H26ClN3O2. The van der Waals surface area contributed by atoms with E-state index in [0.717, 1.165) is 5.56 Å². The number of nitrogens with one attached hydrogen (secondary N) is 2. The minimum Gasteiger partial charge on any atom is -0.353 e. The molecule has 1 aromatic rings. The zero-order valence-corrected chi connectivity index (χ0v) is 15.2. The van der Waals surface area contributed by atoms with Gasteiger partial charge in [0.2, 0.25) is 11.8 Å². The Balaban J connectivity index is 2.58. The van der Waals surface area contributed by atoms with Gasteiger partial charge < -0.3 is 15.5 Å². The fraction of sp³-hybridized carbons (Fsp3) is 0.529. The van der Waals surface area contributed by atoms with Crippen molar-refractivity contribution in [2.75, 3.05) is 27.2 Å². The zero-order valence-electron chi connectivity index (χ0n) is 14.4. The topological polar surface area (TPSA) is 61.4 Å². The first-order valence-corrected chi connectivity index (χ1v) is 7.96. The fourth-order valence-electron chi connectivity index (χ4n) is 2.01. The van der Waals surface area contributed by atoms with E-state index >= 15 is 0 Å². The second-order valence-electron chi connectivity index (χ2n) is 6.74. The summed E-state index contributed by atoms with van der Waals surface area (Å²) in [6.45, 7) is 5.80. The minimum atomic E-state index is -0.510. The van der Waals surface area contributed by atoms with Crippen molar-refractivity contribution in [1.82, 2.24) is 15.5 Å². The first-order chi connectivity index (χ1) is 10.6. The molecular weight excluding hydrogens is 314 g/mol. The zero-order chi connectivity index (χ0) is 17.6. The SMILES string of the molecule is CN(C)C(CNC(=O)CNC(=O)C(C)(C)C)c1ccccc1Cl. The van der Waals surface area contributed by atoms with Crippen molar-refractivity contribution in [3.8, 4) is 0 Å². The molecule has 2 amide bonds. The summed E-state index contributed by atoms with van der Waals surface area (Å²) in [5.41, 5.74) is 0.447. The molecule has 0 saturated heterocycles. The molecule has 0 saturated carbocycles. The van der Waals surface area contributed by atoms with Crippen LogP contribution < -0.4 is 10.6 Å². The van der Waals surface area contributed by atoms with E-state index < -0.39 is 5.41 Å². The molecule has 1 rings (SSSR count). The van der Waals surface area contributed by atoms with Gasteiger partial charge in [-0.05, 0) is 25.7 Å². The van der Waals surface area contributed by atoms with Crippen LogP contribution in [0.4, 0.5) is 0 Å². The van der Waals surface area contributed by atoms with Crippen LogP contribution >= 0.6 is 11.6 Å². The number of hydrogen-bond donors (Lipinski definition) is 2. The monoisotopic (exact) mass is 339 g/mol. The first kappa shape index (κ1) is 19.5. The van der Waals surface area contributed by atoms with E-state index in [4.69, 9.17) is 11.6 Å². The lowest BCUT2D eigenvalue weighted by atomic mass is 9.96. The first-order valence-electron chi connectivity index (χ1n) is 7.58. The standard InChI is InChI=1S/C17H26ClN3O2/c1-17(2,3)16(23)20-11-15(22)19-10-14(21(4)5)12-8-6-7-9-13(12)18/h6-9,14H,10-11H2,1-5H3,(H,19,22)(H,20,23). The van der Waals surface area contributed by atoms with Crippen molar-refractivity contribution in [2.45, 2.75) is 26.8 Å². The Morgan fingerprint density at radius 2 is 1.78 bits per heavy atom. The van der Waals surface area contributed by atoms with Crippen LogP contribution in [0.2, 0.25) is 5.02 Å². The van der Waals surface area contributed by atoms with Crippen LogP contribution in [-0.2, 0) is 9.59 Å². The molecule has 2 N–H and O–H groups in total. The summed E-state index contributed by atoms with van der Waals surface area (Å²) in [7, 11) is 3.86. The van der Waals surface area contributed by atoms with Crippen molar-refractivity contribution < 1.29 is 9.59 Å². The number of carbonyl (C=O) groups excluding carboxylic acids is 2. The molecule has 6 heteroatoms. The summed E-state index contributed by atoms with van der Waals surface area (Å²) < 4.78 is 0. The number of carbonyl (C=O) groups is 2. The third-order valence-corrected chi connectivity index (χ3v) is 3.82. The summed E-state index contributed by atoms with van der Waals surface area (Å²) in [4.78, 5) is 25.7. The summed E-state index contributed by atoms with van der Waals surface area (Å²) in [5.74, 6) is -0.371. The number of nitrogens with zero attached hydrogens (tertiary/aromatic N) is 1. The summed E-state index contributed by atoms with van der Waals surface area (Å²) in [6.07, 6.45) is 0. The van der Waals surface area contributed by atoms with Crippen LogP contribution in [0.15, 0.2) is 24.3 Å². The van der Waals surface area contributed by atoms with Crippen LogP contribution in [-0.4, -0.2) is 43.9 Å². The van der Waals surface area contributed by atoms with Crippen molar-refractivity contribution in [1.29, 1.82) is 0 Å². The van der Waals surface area contributed by atoms with E-state index in [1.54, 1.807) is 20.8 Å². The third kappa shape index (κ3) is 6.20. The predicted molar refractivity (Wildman–Crippen MR) is 93.4 cm³/mol. The second kappa shape index (κ2) is 8.31. The average Bonchev–Trinajstić information content (AvgIpc) is 2.45. The van der Waals surface area contributed by atoms with Crippen molar-refractivity contribution in [2.24, 2.45) is 5.41 Å². The van der Waals surface area contributed by atoms with Crippen molar-refractivity contribution >= 4 is 23.4 Å². The lowest BCUT2D eigenvalue weighted by molar-refractivity contribution is -0.131. The molecule has 0 radical (unpaired) electrons. The number of amides is 2. The van der Waals surface area contributed by atoms with E-state index in [9.17, 15) is 9.59 Å². The number of halogens is 1. The summed E-state index contributed by atoms with van der Waals surface area (Å²) in [6, 6.07) is 7.53. The molecule has 5 nitrogen and oxygen atoms in total. The molecule has 0 aliphatic rings. The van der Waals surface area contributed by atoms with Gasteiger partial charge in [-0.25, -0.2) is 0 Å². The van der Waals surface area contributed by atoms with Gasteiger partial charge in [0, 0.05) is 17.0 Å². The van der Waals surface area contributed by atoms with Crippen LogP contribution in [0.5, 0.6) is 0 Å². The quantitative estimate of drug-likeness (QED) is 0.835. The van der Waals surface area contributed by atoms with Gasteiger partial charge in [0.1, 0.15) is 0 Å². The smallest absolute Gasteiger partial charge is 0.239 e. The number of hydrogen-bond acceptors (Lipinski definition) is 3. The van der Waals surface area contributed by atoms with Gasteiger partial charge in [0.05, 0.1) is 12.6 Å². The van der Waals surface area contributed by atoms with Gasteiger partial charge in [-0.1, -0.05) is 50.6 Å². The second-order valence-corrected chi connectivity index (χ2v) is 7.14. The molecule has 23 heavy (non-hydrogen) atoms. The highest BCUT2D eigenvalue weighted by molar-refractivity contribution is 6.31. The summed E-state index contributed by atoms with van der Waals surface area (Å²) in [5, 5.41) is 6.15. The molecule has 0 aliphatic heterocycles. The molecule has 0 spiro atoms. The molecule has 1 unspecified atom stereocenters. The van der Waals surface area contributed by atoms with Gasteiger partial charge in [-0.2, -0.15) is 0 Å². The largest absolute Gasteiger partial charge is 0.353 e. The van der Waals surface area contributed by atoms with Crippen LogP contribution in [0.1, 0.15) is 32.4 Å². The number of rotatable bonds is 6. The maximum atomic E-state index is 11.9. The van der Waals surface area contributed by atoms with Gasteiger partial charge >= 0.3 is 0 Å². The lowest BCUT2D eigenvalue weighted by Crippen LogP contribution is -2.43. The Labute approximate surface area is 143 Å². The highest BCUT2D eigenvalue weighted by Crippen LogP contribution is 2.25. The highest BCUT2D eigenvalue weighted by Gasteiger charge is 2.22. The average molecular weight is 340 g/mol. The normalized spacial score (nSPS) is 12.8. The maximum absolute atomic E-state index is 11.9. The highest BCUT2D eigenvalue weighted by atomic mass is 35.5. The summed E-state index contributed by atoms with van der Waals surface area (Å²) >= 11 is 6.23. The Morgan fingerprint density at radius 1 is 1.17 bits per heavy atom. The number of likely N-dealkylation sites (N-methyl/N-ethyl adjacent to an activating group) is 1. The van der Waals surface area contributed by atoms with E-state index in [1.165, 1.54) is 0 Å². The number of benzene rings is 1. The molecule has 1 aromatic carbocycles. The Hall–Kier alpha value is -1.59. The van der Waals surface area contributed by atoms with Gasteiger partial charge in [0.15, 0.2) is 0 Å². The van der Waals surface area contributed by atoms with Crippen molar-refractivity contribution in [3.05, 3.63) is 34.9 Å². The molecule has 0 aliphatic carbocycles. The van der Waals surface area contributed by atoms with Gasteiger partial charge in [-0.3, -0.25) is 9.59 Å². The molecule has 0 aromatic heterocycles. The van der Waals surface area contributed by atoms with Crippen LogP contribution in [0.3, 0.4) is 0 Å². The third-order valence-electron chi connectivity index (χ3n) is 3.47. The Morgan fingerprint density at radius 3 is 2.30 bits per heavy atom. The predicted octanol–water partition coefficient (Wildman–Crippen LogP) is 2.22. The lowest BCUT2D eigenvalue weighted by Gasteiger charge is -2.26. The van der Waals surface area contributed by atoms with Gasteiger partial charge in [-0.15, -0.1) is 0 Å². The van der Waals surface area contributed by atoms with Crippen molar-refractivity contribution in [3.63, 3.8) is 0 Å². The fourth-order valence-corrected chi connectivity index (χ4v) is 2.28. The molecule has 0 heterocycles. The molecule has 128 valence electrons. The van der Waals surface area contributed by atoms with Crippen LogP contribution in [0.25, 0.3) is 0 Å². The van der Waals surface area contributed by atoms with E-state index in [0.29, 0.717) is 11.6 Å². The molecule has 1 atom stereocenters. The van der Waals surface area contributed by atoms with E-state index in [1.807, 2.05) is 43.3 Å². The minimum absolute atomic E-state index is 0.0290. The Kier molecular flexibility index (Phi) is 7.03. The molecule has 0 fully saturated rings. The van der Waals surface area contributed by atoms with Gasteiger partial charge in [0.25, 0.3) is 0 Å². The van der Waals surface area contributed by atoms with Crippen LogP contribution in [0, 0.1) is 5.41 Å². The maximum Gasteiger partial charge on any atom is 0.239 e. The molecule has 0 bridgehead atoms. The van der Waals surface area contributed by atoms with E-state index in [-0.39, 0.29) is 24.4 Å². The Bertz CT molecular complexity index is 553.